The van der Waals surface area contributed by atoms with Crippen molar-refractivity contribution in [2.75, 3.05) is 6.26 Å². The molecule has 0 unspecified atom stereocenters. The molecule has 0 heterocycles. The molecule has 0 aromatic rings. The van der Waals surface area contributed by atoms with E-state index in [-0.39, 0.29) is 13.0 Å². The van der Waals surface area contributed by atoms with Gasteiger partial charge in [0.2, 0.25) is 10.0 Å². The molecule has 10 heavy (non-hydrogen) atoms. The first-order valence-corrected chi connectivity index (χ1v) is 4.59. The molecule has 1 N–H and O–H groups in total. The molecule has 0 amide bonds. The summed E-state index contributed by atoms with van der Waals surface area (Å²) in [5.41, 5.74) is -0.354. The van der Waals surface area contributed by atoms with Gasteiger partial charge in [0.1, 0.15) is 0 Å². The van der Waals surface area contributed by atoms with E-state index in [0.29, 0.717) is 0 Å². The summed E-state index contributed by atoms with van der Waals surface area (Å²) in [5.74, 6) is 0. The lowest BCUT2D eigenvalue weighted by Gasteiger charge is -2.17. The van der Waals surface area contributed by atoms with Gasteiger partial charge in [-0.1, -0.05) is 7.43 Å². The highest BCUT2D eigenvalue weighted by atomic mass is 32.2. The van der Waals surface area contributed by atoms with Crippen LogP contribution in [0.2, 0.25) is 0 Å². The van der Waals surface area contributed by atoms with E-state index in [2.05, 4.69) is 4.72 Å². The fraction of sp³-hybridized carbons (Fsp3) is 1.00. The zero-order valence-corrected chi connectivity index (χ0v) is 7.04. The Balaban J connectivity index is 0. The summed E-state index contributed by atoms with van der Waals surface area (Å²) in [5, 5.41) is 0. The van der Waals surface area contributed by atoms with Gasteiger partial charge in [0, 0.05) is 5.54 Å². The molecule has 0 atom stereocenters. The summed E-state index contributed by atoms with van der Waals surface area (Å²) < 4.78 is 23.5. The minimum atomic E-state index is -3.03. The molecule has 0 radical (unpaired) electrons. The average Bonchev–Trinajstić information content (AvgIpc) is 1.14. The monoisotopic (exact) mass is 167 g/mol. The van der Waals surface area contributed by atoms with E-state index in [9.17, 15) is 8.42 Å². The molecule has 64 valence electrons. The molecule has 0 aromatic heterocycles. The van der Waals surface area contributed by atoms with Gasteiger partial charge in [0.25, 0.3) is 0 Å². The lowest BCUT2D eigenvalue weighted by Crippen LogP contribution is -2.39. The lowest BCUT2D eigenvalue weighted by molar-refractivity contribution is 0.495. The Kier molecular flexibility index (Phi) is 4.21. The van der Waals surface area contributed by atoms with Gasteiger partial charge in [-0.2, -0.15) is 0 Å². The van der Waals surface area contributed by atoms with Crippen LogP contribution in [0.25, 0.3) is 0 Å². The molecule has 0 aromatic carbocycles. The second-order valence-corrected chi connectivity index (χ2v) is 4.87. The van der Waals surface area contributed by atoms with Crippen molar-refractivity contribution in [1.82, 2.24) is 4.72 Å². The van der Waals surface area contributed by atoms with Crippen LogP contribution < -0.4 is 4.72 Å². The predicted molar refractivity (Wildman–Crippen MR) is 44.5 cm³/mol. The molecule has 0 saturated carbocycles. The molecule has 0 spiro atoms. The van der Waals surface area contributed by atoms with Crippen molar-refractivity contribution in [2.45, 2.75) is 33.7 Å². The number of nitrogens with one attached hydrogen (secondary N) is 1. The Morgan fingerprint density at radius 3 is 1.50 bits per heavy atom. The second kappa shape index (κ2) is 3.34. The standard InChI is InChI=1S/C5H13NO2S.CH4/c1-5(2,3)6-9(4,7)8;/h6H,1-4H3;1H4. The van der Waals surface area contributed by atoms with Crippen LogP contribution in [-0.4, -0.2) is 20.2 Å². The molecule has 0 aliphatic heterocycles. The van der Waals surface area contributed by atoms with Crippen molar-refractivity contribution in [3.05, 3.63) is 0 Å². The first-order chi connectivity index (χ1) is 3.71. The Morgan fingerprint density at radius 1 is 1.20 bits per heavy atom. The molecule has 0 aliphatic rings. The maximum Gasteiger partial charge on any atom is 0.209 e. The average molecular weight is 167 g/mol. The topological polar surface area (TPSA) is 46.2 Å². The first kappa shape index (κ1) is 12.6. The van der Waals surface area contributed by atoms with Crippen LogP contribution in [0.3, 0.4) is 0 Å². The van der Waals surface area contributed by atoms with Crippen molar-refractivity contribution >= 4 is 10.0 Å². The van der Waals surface area contributed by atoms with E-state index in [0.717, 1.165) is 6.26 Å². The molecule has 0 aliphatic carbocycles. The summed E-state index contributed by atoms with van der Waals surface area (Å²) in [7, 11) is -3.03. The number of sulfonamides is 1. The van der Waals surface area contributed by atoms with Crippen LogP contribution in [-0.2, 0) is 10.0 Å². The summed E-state index contributed by atoms with van der Waals surface area (Å²) in [6.45, 7) is 5.40. The zero-order chi connectivity index (χ0) is 7.71. The Bertz CT molecular complexity index is 176. The van der Waals surface area contributed by atoms with Crippen LogP contribution in [0.15, 0.2) is 0 Å². The van der Waals surface area contributed by atoms with Crippen molar-refractivity contribution < 1.29 is 8.42 Å². The summed E-state index contributed by atoms with van der Waals surface area (Å²) in [4.78, 5) is 0. The minimum absolute atomic E-state index is 0. The van der Waals surface area contributed by atoms with Gasteiger partial charge in [0.05, 0.1) is 6.26 Å². The molecule has 0 fully saturated rings. The smallest absolute Gasteiger partial charge is 0.209 e. The summed E-state index contributed by atoms with van der Waals surface area (Å²) in [6.07, 6.45) is 1.15. The van der Waals surface area contributed by atoms with E-state index >= 15 is 0 Å². The third-order valence-corrected chi connectivity index (χ3v) is 1.47. The van der Waals surface area contributed by atoms with E-state index in [4.69, 9.17) is 0 Å². The quantitative estimate of drug-likeness (QED) is 0.632. The van der Waals surface area contributed by atoms with Crippen LogP contribution in [0.5, 0.6) is 0 Å². The zero-order valence-electron chi connectivity index (χ0n) is 6.22. The third kappa shape index (κ3) is 10.8. The predicted octanol–water partition coefficient (Wildman–Crippen LogP) is 0.970. The minimum Gasteiger partial charge on any atom is -0.213 e. The molecule has 4 heteroatoms. The second-order valence-electron chi connectivity index (χ2n) is 3.12. The Labute approximate surface area is 63.9 Å². The van der Waals surface area contributed by atoms with Crippen molar-refractivity contribution in [3.8, 4) is 0 Å². The third-order valence-electron chi connectivity index (χ3n) is 0.492. The SMILES string of the molecule is C.CC(C)(C)NS(C)(=O)=O. The van der Waals surface area contributed by atoms with Gasteiger partial charge < -0.3 is 0 Å². The molecule has 3 nitrogen and oxygen atoms in total. The van der Waals surface area contributed by atoms with Gasteiger partial charge in [0.15, 0.2) is 0 Å². The van der Waals surface area contributed by atoms with E-state index in [1.54, 1.807) is 20.8 Å². The number of rotatable bonds is 1. The van der Waals surface area contributed by atoms with Crippen molar-refractivity contribution in [3.63, 3.8) is 0 Å². The van der Waals surface area contributed by atoms with E-state index < -0.39 is 10.0 Å². The normalized spacial score (nSPS) is 12.4. The number of hydrogen-bond acceptors (Lipinski definition) is 2. The largest absolute Gasteiger partial charge is 0.213 e. The van der Waals surface area contributed by atoms with Crippen LogP contribution in [0, 0.1) is 0 Å². The van der Waals surface area contributed by atoms with Crippen molar-refractivity contribution in [2.24, 2.45) is 0 Å². The van der Waals surface area contributed by atoms with Crippen LogP contribution >= 0.6 is 0 Å². The summed E-state index contributed by atoms with van der Waals surface area (Å²) in [6, 6.07) is 0. The van der Waals surface area contributed by atoms with Gasteiger partial charge in [-0.15, -0.1) is 0 Å². The number of hydrogen-bond donors (Lipinski definition) is 1. The van der Waals surface area contributed by atoms with Gasteiger partial charge in [-0.05, 0) is 20.8 Å². The van der Waals surface area contributed by atoms with E-state index in [1.807, 2.05) is 0 Å². The first-order valence-electron chi connectivity index (χ1n) is 2.70. The van der Waals surface area contributed by atoms with Crippen LogP contribution in [0.1, 0.15) is 28.2 Å². The summed E-state index contributed by atoms with van der Waals surface area (Å²) >= 11 is 0. The van der Waals surface area contributed by atoms with Crippen LogP contribution in [0.4, 0.5) is 0 Å². The highest BCUT2D eigenvalue weighted by Crippen LogP contribution is 1.99. The van der Waals surface area contributed by atoms with Gasteiger partial charge >= 0.3 is 0 Å². The lowest BCUT2D eigenvalue weighted by atomic mass is 10.1. The highest BCUT2D eigenvalue weighted by Gasteiger charge is 2.14. The fourth-order valence-corrected chi connectivity index (χ4v) is 1.67. The molecular formula is C6H17NO2S. The highest BCUT2D eigenvalue weighted by molar-refractivity contribution is 7.88. The van der Waals surface area contributed by atoms with E-state index in [1.165, 1.54) is 0 Å². The molecule has 0 saturated heterocycles. The molecule has 0 bridgehead atoms. The Hall–Kier alpha value is -0.0900. The Morgan fingerprint density at radius 2 is 1.50 bits per heavy atom. The molecule has 0 rings (SSSR count). The molecular weight excluding hydrogens is 150 g/mol. The fourth-order valence-electron chi connectivity index (χ4n) is 0.556. The van der Waals surface area contributed by atoms with Crippen molar-refractivity contribution in [1.29, 1.82) is 0 Å². The van der Waals surface area contributed by atoms with Gasteiger partial charge in [-0.25, -0.2) is 13.1 Å². The maximum atomic E-state index is 10.5. The maximum absolute atomic E-state index is 10.5. The van der Waals surface area contributed by atoms with Gasteiger partial charge in [-0.3, -0.25) is 0 Å².